The zero-order valence-corrected chi connectivity index (χ0v) is 16.3. The number of carbonyl (C=O) groups is 2. The molecule has 3 rings (SSSR count). The van der Waals surface area contributed by atoms with Crippen LogP contribution in [-0.2, 0) is 16.1 Å². The van der Waals surface area contributed by atoms with E-state index in [2.05, 4.69) is 0 Å². The van der Waals surface area contributed by atoms with E-state index in [9.17, 15) is 9.59 Å². The van der Waals surface area contributed by atoms with E-state index >= 15 is 0 Å². The normalized spacial score (nSPS) is 13.1. The smallest absolute Gasteiger partial charge is 0.338 e. The van der Waals surface area contributed by atoms with Crippen LogP contribution < -0.4 is 4.74 Å². The number of hydrogen-bond donors (Lipinski definition) is 0. The van der Waals surface area contributed by atoms with Crippen LogP contribution in [0.5, 0.6) is 5.75 Å². The Morgan fingerprint density at radius 3 is 2.26 bits per heavy atom. The third-order valence-corrected chi connectivity index (χ3v) is 4.68. The van der Waals surface area contributed by atoms with Crippen molar-refractivity contribution < 1.29 is 19.1 Å². The summed E-state index contributed by atoms with van der Waals surface area (Å²) in [6, 6.07) is 12.2. The lowest BCUT2D eigenvalue weighted by atomic mass is 10.2. The van der Waals surface area contributed by atoms with Crippen LogP contribution in [0, 0.1) is 0 Å². The van der Waals surface area contributed by atoms with E-state index in [1.807, 2.05) is 24.3 Å². The summed E-state index contributed by atoms with van der Waals surface area (Å²) in [5.41, 5.74) is 1.21. The topological polar surface area (TPSA) is 55.8 Å². The van der Waals surface area contributed by atoms with Gasteiger partial charge >= 0.3 is 5.97 Å². The molecule has 1 amide bonds. The van der Waals surface area contributed by atoms with Crippen LogP contribution in [-0.4, -0.2) is 36.5 Å². The molecule has 1 saturated carbocycles. The van der Waals surface area contributed by atoms with Gasteiger partial charge in [0.2, 0.25) is 0 Å². The van der Waals surface area contributed by atoms with Gasteiger partial charge in [0.15, 0.2) is 6.61 Å². The number of nitrogens with zero attached hydrogens (tertiary/aromatic N) is 1. The molecule has 27 heavy (non-hydrogen) atoms. The quantitative estimate of drug-likeness (QED) is 0.640. The second-order valence-electron chi connectivity index (χ2n) is 6.34. The van der Waals surface area contributed by atoms with Crippen LogP contribution in [0.15, 0.2) is 42.5 Å². The van der Waals surface area contributed by atoms with Crippen molar-refractivity contribution >= 4 is 35.1 Å². The Bertz CT molecular complexity index is 814. The first-order valence-electron chi connectivity index (χ1n) is 8.52. The van der Waals surface area contributed by atoms with Gasteiger partial charge in [-0.2, -0.15) is 0 Å². The number of amides is 1. The Morgan fingerprint density at radius 1 is 1.07 bits per heavy atom. The minimum Gasteiger partial charge on any atom is -0.497 e. The molecule has 142 valence electrons. The van der Waals surface area contributed by atoms with Crippen LogP contribution >= 0.6 is 23.2 Å². The largest absolute Gasteiger partial charge is 0.497 e. The van der Waals surface area contributed by atoms with Gasteiger partial charge in [-0.3, -0.25) is 4.79 Å². The van der Waals surface area contributed by atoms with Gasteiger partial charge in [-0.05, 0) is 48.7 Å². The predicted octanol–water partition coefficient (Wildman–Crippen LogP) is 4.35. The standard InChI is InChI=1S/C20H19Cl2NO4/c1-26-18-6-2-13(3-7-18)11-23(17-4-5-17)19(24)12-27-20(25)14-8-15(21)10-16(22)9-14/h2-3,6-10,17H,4-5,11-12H2,1H3. The van der Waals surface area contributed by atoms with Crippen LogP contribution in [0.2, 0.25) is 10.0 Å². The Labute approximate surface area is 167 Å². The zero-order chi connectivity index (χ0) is 19.4. The summed E-state index contributed by atoms with van der Waals surface area (Å²) in [5, 5.41) is 0.666. The molecule has 1 aliphatic rings. The lowest BCUT2D eigenvalue weighted by Gasteiger charge is -2.22. The Kier molecular flexibility index (Phi) is 6.24. The van der Waals surface area contributed by atoms with E-state index in [-0.39, 0.29) is 24.1 Å². The van der Waals surface area contributed by atoms with Gasteiger partial charge in [-0.1, -0.05) is 35.3 Å². The number of hydrogen-bond acceptors (Lipinski definition) is 4. The Morgan fingerprint density at radius 2 is 1.70 bits per heavy atom. The van der Waals surface area contributed by atoms with E-state index in [1.54, 1.807) is 12.0 Å². The van der Waals surface area contributed by atoms with Gasteiger partial charge in [0.25, 0.3) is 5.91 Å². The maximum Gasteiger partial charge on any atom is 0.338 e. The number of methoxy groups -OCH3 is 1. The maximum absolute atomic E-state index is 12.6. The molecule has 0 radical (unpaired) electrons. The molecule has 2 aromatic rings. The highest BCUT2D eigenvalue weighted by Crippen LogP contribution is 2.29. The van der Waals surface area contributed by atoms with Gasteiger partial charge in [0.05, 0.1) is 12.7 Å². The number of esters is 1. The number of benzene rings is 2. The van der Waals surface area contributed by atoms with E-state index in [0.717, 1.165) is 24.2 Å². The highest BCUT2D eigenvalue weighted by molar-refractivity contribution is 6.35. The molecule has 1 aliphatic carbocycles. The molecule has 0 bridgehead atoms. The monoisotopic (exact) mass is 407 g/mol. The summed E-state index contributed by atoms with van der Waals surface area (Å²) >= 11 is 11.8. The van der Waals surface area contributed by atoms with E-state index < -0.39 is 5.97 Å². The molecule has 7 heteroatoms. The van der Waals surface area contributed by atoms with Gasteiger partial charge < -0.3 is 14.4 Å². The minimum atomic E-state index is -0.632. The third kappa shape index (κ3) is 5.37. The molecular formula is C20H19Cl2NO4. The lowest BCUT2D eigenvalue weighted by Crippen LogP contribution is -2.36. The van der Waals surface area contributed by atoms with Crippen molar-refractivity contribution in [2.45, 2.75) is 25.4 Å². The maximum atomic E-state index is 12.6. The average Bonchev–Trinajstić information content (AvgIpc) is 3.48. The van der Waals surface area contributed by atoms with Crippen molar-refractivity contribution in [1.29, 1.82) is 0 Å². The molecule has 0 unspecified atom stereocenters. The summed E-state index contributed by atoms with van der Waals surface area (Å²) in [6.45, 7) is 0.143. The highest BCUT2D eigenvalue weighted by atomic mass is 35.5. The van der Waals surface area contributed by atoms with Crippen molar-refractivity contribution in [3.8, 4) is 5.75 Å². The molecule has 0 aromatic heterocycles. The first-order chi connectivity index (χ1) is 13.0. The fourth-order valence-corrected chi connectivity index (χ4v) is 3.23. The summed E-state index contributed by atoms with van der Waals surface area (Å²) in [4.78, 5) is 26.5. The Balaban J connectivity index is 1.60. The average molecular weight is 408 g/mol. The molecule has 0 spiro atoms. The molecule has 0 saturated heterocycles. The van der Waals surface area contributed by atoms with Gasteiger partial charge in [-0.15, -0.1) is 0 Å². The first-order valence-corrected chi connectivity index (χ1v) is 9.27. The van der Waals surface area contributed by atoms with Crippen molar-refractivity contribution in [3.63, 3.8) is 0 Å². The highest BCUT2D eigenvalue weighted by Gasteiger charge is 2.33. The second-order valence-corrected chi connectivity index (χ2v) is 7.21. The Hall–Kier alpha value is -2.24. The van der Waals surface area contributed by atoms with Crippen molar-refractivity contribution in [1.82, 2.24) is 4.90 Å². The fraction of sp³-hybridized carbons (Fsp3) is 0.300. The zero-order valence-electron chi connectivity index (χ0n) is 14.8. The van der Waals surface area contributed by atoms with E-state index in [0.29, 0.717) is 16.6 Å². The van der Waals surface area contributed by atoms with Gasteiger partial charge in [-0.25, -0.2) is 4.79 Å². The van der Waals surface area contributed by atoms with Crippen LogP contribution in [0.25, 0.3) is 0 Å². The van der Waals surface area contributed by atoms with Crippen LogP contribution in [0.4, 0.5) is 0 Å². The van der Waals surface area contributed by atoms with Crippen LogP contribution in [0.3, 0.4) is 0 Å². The summed E-state index contributed by atoms with van der Waals surface area (Å²) in [5.74, 6) is -0.0973. The molecule has 0 N–H and O–H groups in total. The lowest BCUT2D eigenvalue weighted by molar-refractivity contribution is -0.135. The first kappa shape index (κ1) is 19.5. The molecule has 0 atom stereocenters. The molecule has 0 heterocycles. The number of carbonyl (C=O) groups excluding carboxylic acids is 2. The number of ether oxygens (including phenoxy) is 2. The van der Waals surface area contributed by atoms with Crippen molar-refractivity contribution in [3.05, 3.63) is 63.6 Å². The van der Waals surface area contributed by atoms with E-state index in [4.69, 9.17) is 32.7 Å². The summed E-state index contributed by atoms with van der Waals surface area (Å²) < 4.78 is 10.3. The van der Waals surface area contributed by atoms with Crippen molar-refractivity contribution in [2.24, 2.45) is 0 Å². The SMILES string of the molecule is COc1ccc(CN(C(=O)COC(=O)c2cc(Cl)cc(Cl)c2)C2CC2)cc1. The van der Waals surface area contributed by atoms with Gasteiger partial charge in [0, 0.05) is 22.6 Å². The van der Waals surface area contributed by atoms with Crippen LogP contribution in [0.1, 0.15) is 28.8 Å². The second kappa shape index (κ2) is 8.63. The molecule has 1 fully saturated rings. The summed E-state index contributed by atoms with van der Waals surface area (Å²) in [7, 11) is 1.61. The molecule has 2 aromatic carbocycles. The number of halogens is 2. The van der Waals surface area contributed by atoms with E-state index in [1.165, 1.54) is 18.2 Å². The molecule has 5 nitrogen and oxygen atoms in total. The third-order valence-electron chi connectivity index (χ3n) is 4.24. The molecular weight excluding hydrogens is 389 g/mol. The summed E-state index contributed by atoms with van der Waals surface area (Å²) in [6.07, 6.45) is 1.92. The minimum absolute atomic E-state index is 0.193. The molecule has 0 aliphatic heterocycles. The van der Waals surface area contributed by atoms with Gasteiger partial charge in [0.1, 0.15) is 5.75 Å². The predicted molar refractivity (Wildman–Crippen MR) is 103 cm³/mol. The fourth-order valence-electron chi connectivity index (χ4n) is 2.70. The number of rotatable bonds is 7. The van der Waals surface area contributed by atoms with Crippen molar-refractivity contribution in [2.75, 3.05) is 13.7 Å².